The van der Waals surface area contributed by atoms with Gasteiger partial charge in [-0.3, -0.25) is 9.59 Å². The van der Waals surface area contributed by atoms with Crippen LogP contribution >= 0.6 is 62.5 Å². The number of carbonyl (C=O) groups excluding carboxylic acids is 2. The molecular weight excluding hydrogens is 557 g/mol. The minimum Gasteiger partial charge on any atom is -0.486 e. The van der Waals surface area contributed by atoms with E-state index in [1.807, 2.05) is 24.3 Å². The van der Waals surface area contributed by atoms with Crippen LogP contribution in [0.3, 0.4) is 0 Å². The Morgan fingerprint density at radius 3 is 2.31 bits per heavy atom. The van der Waals surface area contributed by atoms with Gasteiger partial charge >= 0.3 is 0 Å². The minimum atomic E-state index is -0.440. The molecule has 3 aromatic rings. The van der Waals surface area contributed by atoms with Crippen molar-refractivity contribution < 1.29 is 14.3 Å². The Labute approximate surface area is 212 Å². The molecule has 1 fully saturated rings. The molecule has 0 N–H and O–H groups in total. The fourth-order valence-electron chi connectivity index (χ4n) is 2.99. The first-order valence-corrected chi connectivity index (χ1v) is 12.0. The van der Waals surface area contributed by atoms with Gasteiger partial charge in [-0.1, -0.05) is 68.9 Å². The number of nitrogens with zero attached hydrogens (tertiary/aromatic N) is 1. The lowest BCUT2D eigenvalue weighted by Crippen LogP contribution is -2.27. The SMILES string of the molecule is O=C1S/C(=C/c2cc(Cl)c(OCc3ccc(Br)cc3)c(Cl)c2)C(=O)N1c1cccc(Cl)c1. The summed E-state index contributed by atoms with van der Waals surface area (Å²) >= 11 is 23.0. The molecule has 1 aliphatic heterocycles. The molecular formula is C23H13BrCl3NO3S. The fraction of sp³-hybridized carbons (Fsp3) is 0.0435. The Morgan fingerprint density at radius 2 is 1.66 bits per heavy atom. The average Bonchev–Trinajstić information content (AvgIpc) is 3.01. The first-order chi connectivity index (χ1) is 15.3. The predicted octanol–water partition coefficient (Wildman–Crippen LogP) is 8.23. The predicted molar refractivity (Wildman–Crippen MR) is 135 cm³/mol. The van der Waals surface area contributed by atoms with E-state index in [1.54, 1.807) is 42.5 Å². The van der Waals surface area contributed by atoms with Crippen molar-refractivity contribution in [3.05, 3.63) is 96.2 Å². The third-order valence-electron chi connectivity index (χ3n) is 4.47. The van der Waals surface area contributed by atoms with Crippen molar-refractivity contribution in [2.75, 3.05) is 4.90 Å². The van der Waals surface area contributed by atoms with Crippen LogP contribution in [-0.2, 0) is 11.4 Å². The van der Waals surface area contributed by atoms with Crippen LogP contribution in [-0.4, -0.2) is 11.1 Å². The largest absolute Gasteiger partial charge is 0.486 e. The monoisotopic (exact) mass is 567 g/mol. The second kappa shape index (κ2) is 9.89. The Hall–Kier alpha value is -1.96. The molecule has 2 amide bonds. The maximum atomic E-state index is 12.8. The highest BCUT2D eigenvalue weighted by Crippen LogP contribution is 2.39. The number of halogens is 4. The van der Waals surface area contributed by atoms with Gasteiger partial charge in [0.2, 0.25) is 0 Å². The number of hydrogen-bond acceptors (Lipinski definition) is 4. The number of benzene rings is 3. The molecule has 1 saturated heterocycles. The molecule has 0 unspecified atom stereocenters. The molecule has 32 heavy (non-hydrogen) atoms. The highest BCUT2D eigenvalue weighted by atomic mass is 79.9. The summed E-state index contributed by atoms with van der Waals surface area (Å²) in [6.45, 7) is 0.296. The zero-order chi connectivity index (χ0) is 22.8. The second-order valence-electron chi connectivity index (χ2n) is 6.73. The van der Waals surface area contributed by atoms with E-state index < -0.39 is 11.1 Å². The number of anilines is 1. The maximum Gasteiger partial charge on any atom is 0.298 e. The number of imide groups is 1. The summed E-state index contributed by atoms with van der Waals surface area (Å²) in [5, 5.41) is 0.628. The van der Waals surface area contributed by atoms with Gasteiger partial charge in [0.25, 0.3) is 11.1 Å². The number of carbonyl (C=O) groups is 2. The van der Waals surface area contributed by atoms with Gasteiger partial charge in [-0.05, 0) is 71.4 Å². The Balaban J connectivity index is 1.54. The number of thioether (sulfide) groups is 1. The highest BCUT2D eigenvalue weighted by molar-refractivity contribution is 9.10. The molecule has 9 heteroatoms. The standard InChI is InChI=1S/C23H13BrCl3NO3S/c24-15-6-4-13(5-7-15)12-31-21-18(26)8-14(9-19(21)27)10-20-22(29)28(23(30)32-20)17-3-1-2-16(25)11-17/h1-11H,12H2/b20-10+. The molecule has 0 atom stereocenters. The van der Waals surface area contributed by atoms with E-state index in [9.17, 15) is 9.59 Å². The summed E-state index contributed by atoms with van der Waals surface area (Å²) in [7, 11) is 0. The zero-order valence-corrected chi connectivity index (χ0v) is 20.8. The van der Waals surface area contributed by atoms with E-state index in [0.717, 1.165) is 26.7 Å². The van der Waals surface area contributed by atoms with Gasteiger partial charge < -0.3 is 4.74 Å². The molecule has 0 radical (unpaired) electrons. The summed E-state index contributed by atoms with van der Waals surface area (Å²) in [5.74, 6) is -0.0921. The number of amides is 2. The van der Waals surface area contributed by atoms with Crippen LogP contribution in [0.1, 0.15) is 11.1 Å². The molecule has 0 aromatic heterocycles. The third-order valence-corrected chi connectivity index (χ3v) is 6.67. The van der Waals surface area contributed by atoms with E-state index in [2.05, 4.69) is 15.9 Å². The van der Waals surface area contributed by atoms with Crippen LogP contribution in [0.2, 0.25) is 15.1 Å². The van der Waals surface area contributed by atoms with Crippen LogP contribution in [0.15, 0.2) is 70.0 Å². The van der Waals surface area contributed by atoms with Crippen molar-refractivity contribution in [1.29, 1.82) is 0 Å². The van der Waals surface area contributed by atoms with Crippen LogP contribution in [0.4, 0.5) is 10.5 Å². The first kappa shape index (κ1) is 23.2. The Kier molecular flexibility index (Phi) is 7.17. The molecule has 4 nitrogen and oxygen atoms in total. The van der Waals surface area contributed by atoms with Gasteiger partial charge in [0.1, 0.15) is 6.61 Å². The van der Waals surface area contributed by atoms with Gasteiger partial charge in [0, 0.05) is 9.50 Å². The van der Waals surface area contributed by atoms with Crippen LogP contribution in [0, 0.1) is 0 Å². The van der Waals surface area contributed by atoms with E-state index in [1.165, 1.54) is 0 Å². The third kappa shape index (κ3) is 5.16. The smallest absolute Gasteiger partial charge is 0.298 e. The molecule has 3 aromatic carbocycles. The summed E-state index contributed by atoms with van der Waals surface area (Å²) in [5.41, 5.74) is 1.95. The molecule has 0 aliphatic carbocycles. The highest BCUT2D eigenvalue weighted by Gasteiger charge is 2.36. The lowest BCUT2D eigenvalue weighted by molar-refractivity contribution is -0.113. The van der Waals surface area contributed by atoms with Crippen LogP contribution in [0.25, 0.3) is 6.08 Å². The second-order valence-corrected chi connectivity index (χ2v) is 9.89. The maximum absolute atomic E-state index is 12.8. The molecule has 1 aliphatic rings. The number of hydrogen-bond donors (Lipinski definition) is 0. The van der Waals surface area contributed by atoms with Gasteiger partial charge in [0.15, 0.2) is 5.75 Å². The Bertz CT molecular complexity index is 1220. The Morgan fingerprint density at radius 1 is 0.969 bits per heavy atom. The van der Waals surface area contributed by atoms with Crippen molar-refractivity contribution >= 4 is 85.4 Å². The van der Waals surface area contributed by atoms with Crippen molar-refractivity contribution in [3.63, 3.8) is 0 Å². The first-order valence-electron chi connectivity index (χ1n) is 9.21. The van der Waals surface area contributed by atoms with Gasteiger partial charge in [-0.25, -0.2) is 4.90 Å². The minimum absolute atomic E-state index is 0.255. The van der Waals surface area contributed by atoms with Gasteiger partial charge in [-0.15, -0.1) is 0 Å². The molecule has 1 heterocycles. The molecule has 162 valence electrons. The van der Waals surface area contributed by atoms with Gasteiger partial charge in [-0.2, -0.15) is 0 Å². The van der Waals surface area contributed by atoms with Crippen molar-refractivity contribution in [3.8, 4) is 5.75 Å². The average molecular weight is 570 g/mol. The normalized spacial score (nSPS) is 15.0. The van der Waals surface area contributed by atoms with E-state index in [0.29, 0.717) is 38.7 Å². The lowest BCUT2D eigenvalue weighted by atomic mass is 10.2. The summed E-state index contributed by atoms with van der Waals surface area (Å²) < 4.78 is 6.77. The fourth-order valence-corrected chi connectivity index (χ4v) is 4.90. The van der Waals surface area contributed by atoms with Gasteiger partial charge in [0.05, 0.1) is 20.6 Å². The summed E-state index contributed by atoms with van der Waals surface area (Å²) in [4.78, 5) is 26.6. The van der Waals surface area contributed by atoms with E-state index in [-0.39, 0.29) is 4.91 Å². The van der Waals surface area contributed by atoms with E-state index in [4.69, 9.17) is 39.5 Å². The van der Waals surface area contributed by atoms with Crippen LogP contribution < -0.4 is 9.64 Å². The van der Waals surface area contributed by atoms with Crippen LogP contribution in [0.5, 0.6) is 5.75 Å². The van der Waals surface area contributed by atoms with Crippen molar-refractivity contribution in [2.24, 2.45) is 0 Å². The van der Waals surface area contributed by atoms with E-state index >= 15 is 0 Å². The molecule has 4 rings (SSSR count). The zero-order valence-electron chi connectivity index (χ0n) is 16.2. The van der Waals surface area contributed by atoms with Crippen molar-refractivity contribution in [1.82, 2.24) is 0 Å². The number of rotatable bonds is 5. The summed E-state index contributed by atoms with van der Waals surface area (Å²) in [6.07, 6.45) is 1.58. The molecule has 0 bridgehead atoms. The van der Waals surface area contributed by atoms with Crippen molar-refractivity contribution in [2.45, 2.75) is 6.61 Å². The molecule has 0 saturated carbocycles. The molecule has 0 spiro atoms. The number of ether oxygens (including phenoxy) is 1. The quantitative estimate of drug-likeness (QED) is 0.291. The summed E-state index contributed by atoms with van der Waals surface area (Å²) in [6, 6.07) is 17.5. The topological polar surface area (TPSA) is 46.6 Å². The lowest BCUT2D eigenvalue weighted by Gasteiger charge is -2.12.